The highest BCUT2D eigenvalue weighted by molar-refractivity contribution is 6.14. The highest BCUT2D eigenvalue weighted by atomic mass is 16.3. The third kappa shape index (κ3) is 5.99. The van der Waals surface area contributed by atoms with Crippen LogP contribution in [0.3, 0.4) is 0 Å². The van der Waals surface area contributed by atoms with E-state index in [1.807, 2.05) is 24.3 Å². The van der Waals surface area contributed by atoms with Gasteiger partial charge in [0.25, 0.3) is 0 Å². The van der Waals surface area contributed by atoms with Crippen molar-refractivity contribution in [2.24, 2.45) is 0 Å². The molecule has 0 aliphatic carbocycles. The minimum Gasteiger partial charge on any atom is -0.456 e. The monoisotopic (exact) mass is 816 g/mol. The van der Waals surface area contributed by atoms with Crippen molar-refractivity contribution < 1.29 is 8.83 Å². The molecule has 4 nitrogen and oxygen atoms in total. The van der Waals surface area contributed by atoms with Crippen molar-refractivity contribution in [2.45, 2.75) is 0 Å². The Morgan fingerprint density at radius 1 is 0.234 bits per heavy atom. The van der Waals surface area contributed by atoms with Gasteiger partial charge in [-0.25, -0.2) is 9.97 Å². The first kappa shape index (κ1) is 36.1. The van der Waals surface area contributed by atoms with Crippen LogP contribution in [0, 0.1) is 0 Å². The molecule has 13 rings (SSSR count). The summed E-state index contributed by atoms with van der Waals surface area (Å²) >= 11 is 0. The predicted molar refractivity (Wildman–Crippen MR) is 264 cm³/mol. The molecule has 9 aromatic carbocycles. The van der Waals surface area contributed by atoms with Gasteiger partial charge in [-0.05, 0) is 93.0 Å². The van der Waals surface area contributed by atoms with Crippen LogP contribution in [0.1, 0.15) is 0 Å². The van der Waals surface area contributed by atoms with Gasteiger partial charge in [0.2, 0.25) is 0 Å². The Balaban J connectivity index is 0.959. The standard InChI is InChI=1S/C60H36N2O2/c1-3-11-39(12-4-1)49-35-53(41-23-19-37(20-24-41)43-27-31-57-51(33-43)45-15-7-9-17-55(45)63-57)61-59-47(49)29-30-48-50(40-13-5-2-6-14-40)36-54(62-60(48)59)42-25-21-38(22-26-42)44-28-32-58-52(34-44)46-16-8-10-18-56(46)64-58/h1-36H. The molecule has 0 unspecified atom stereocenters. The van der Waals surface area contributed by atoms with Gasteiger partial charge >= 0.3 is 0 Å². The third-order valence-electron chi connectivity index (χ3n) is 12.7. The summed E-state index contributed by atoms with van der Waals surface area (Å²) in [6, 6.07) is 76.9. The number of hydrogen-bond donors (Lipinski definition) is 0. The van der Waals surface area contributed by atoms with E-state index in [1.165, 1.54) is 0 Å². The average molecular weight is 817 g/mol. The van der Waals surface area contributed by atoms with E-state index in [0.29, 0.717) is 0 Å². The lowest BCUT2D eigenvalue weighted by molar-refractivity contribution is 0.668. The van der Waals surface area contributed by atoms with E-state index in [0.717, 1.165) is 133 Å². The molecule has 0 spiro atoms. The third-order valence-corrected chi connectivity index (χ3v) is 12.7. The summed E-state index contributed by atoms with van der Waals surface area (Å²) in [6.45, 7) is 0. The average Bonchev–Trinajstić information content (AvgIpc) is 3.94. The minimum absolute atomic E-state index is 0.867. The molecular formula is C60H36N2O2. The van der Waals surface area contributed by atoms with Gasteiger partial charge in [-0.1, -0.05) is 170 Å². The lowest BCUT2D eigenvalue weighted by atomic mass is 9.93. The van der Waals surface area contributed by atoms with E-state index in [-0.39, 0.29) is 0 Å². The van der Waals surface area contributed by atoms with Crippen LogP contribution in [-0.2, 0) is 0 Å². The lowest BCUT2D eigenvalue weighted by Gasteiger charge is -2.16. The molecule has 0 saturated carbocycles. The fourth-order valence-electron chi connectivity index (χ4n) is 9.46. The summed E-state index contributed by atoms with van der Waals surface area (Å²) in [7, 11) is 0. The Hall–Kier alpha value is -8.60. The van der Waals surface area contributed by atoms with Crippen molar-refractivity contribution in [3.8, 4) is 67.0 Å². The first-order valence-corrected chi connectivity index (χ1v) is 21.6. The van der Waals surface area contributed by atoms with E-state index < -0.39 is 0 Å². The van der Waals surface area contributed by atoms with Crippen LogP contribution in [0.2, 0.25) is 0 Å². The summed E-state index contributed by atoms with van der Waals surface area (Å²) in [5, 5.41) is 6.59. The number of rotatable bonds is 6. The molecule has 298 valence electrons. The quantitative estimate of drug-likeness (QED) is 0.157. The first-order valence-electron chi connectivity index (χ1n) is 21.6. The highest BCUT2D eigenvalue weighted by Crippen LogP contribution is 2.41. The Morgan fingerprint density at radius 3 is 1.03 bits per heavy atom. The second kappa shape index (κ2) is 14.5. The van der Waals surface area contributed by atoms with E-state index in [1.54, 1.807) is 0 Å². The van der Waals surface area contributed by atoms with Gasteiger partial charge in [-0.2, -0.15) is 0 Å². The first-order chi connectivity index (χ1) is 31.7. The SMILES string of the molecule is c1ccc(-c2cc(-c3ccc(-c4ccc5oc6ccccc6c5c4)cc3)nc3c2ccc2c(-c4ccccc4)cc(-c4ccc(-c5ccc6oc7ccccc7c6c5)cc4)nc23)cc1. The summed E-state index contributed by atoms with van der Waals surface area (Å²) in [6.07, 6.45) is 0. The molecule has 0 amide bonds. The number of hydrogen-bond acceptors (Lipinski definition) is 4. The van der Waals surface area contributed by atoms with E-state index >= 15 is 0 Å². The Bertz CT molecular complexity index is 3660. The Kier molecular flexibility index (Phi) is 8.18. The maximum absolute atomic E-state index is 6.12. The van der Waals surface area contributed by atoms with Crippen LogP contribution >= 0.6 is 0 Å². The summed E-state index contributed by atoms with van der Waals surface area (Å²) < 4.78 is 12.2. The molecule has 0 atom stereocenters. The van der Waals surface area contributed by atoms with Gasteiger partial charge in [0.15, 0.2) is 0 Å². The van der Waals surface area contributed by atoms with Gasteiger partial charge in [-0.15, -0.1) is 0 Å². The van der Waals surface area contributed by atoms with Crippen molar-refractivity contribution in [1.82, 2.24) is 9.97 Å². The molecule has 0 aliphatic heterocycles. The van der Waals surface area contributed by atoms with Crippen LogP contribution in [0.4, 0.5) is 0 Å². The maximum atomic E-state index is 6.12. The van der Waals surface area contributed by atoms with Crippen molar-refractivity contribution in [3.05, 3.63) is 218 Å². The summed E-state index contributed by atoms with van der Waals surface area (Å²) in [5.41, 5.74) is 18.2. The number of furan rings is 2. The van der Waals surface area contributed by atoms with Crippen molar-refractivity contribution in [3.63, 3.8) is 0 Å². The van der Waals surface area contributed by atoms with Gasteiger partial charge in [0.1, 0.15) is 22.3 Å². The van der Waals surface area contributed by atoms with Crippen molar-refractivity contribution in [2.75, 3.05) is 0 Å². The number of nitrogens with zero attached hydrogens (tertiary/aromatic N) is 2. The van der Waals surface area contributed by atoms with Gasteiger partial charge in [0.05, 0.1) is 22.4 Å². The molecular weight excluding hydrogens is 781 g/mol. The molecule has 0 aliphatic rings. The number of aromatic nitrogens is 2. The van der Waals surface area contributed by atoms with Gasteiger partial charge in [-0.3, -0.25) is 0 Å². The van der Waals surface area contributed by atoms with Crippen LogP contribution in [0.25, 0.3) is 133 Å². The molecule has 4 heteroatoms. The fraction of sp³-hybridized carbons (Fsp3) is 0. The van der Waals surface area contributed by atoms with E-state index in [9.17, 15) is 0 Å². The number of benzene rings is 9. The molecule has 0 radical (unpaired) electrons. The molecule has 13 aromatic rings. The zero-order chi connectivity index (χ0) is 42.1. The minimum atomic E-state index is 0.867. The second-order valence-corrected chi connectivity index (χ2v) is 16.5. The van der Waals surface area contributed by atoms with Crippen molar-refractivity contribution >= 4 is 65.7 Å². The highest BCUT2D eigenvalue weighted by Gasteiger charge is 2.18. The van der Waals surface area contributed by atoms with Gasteiger partial charge < -0.3 is 8.83 Å². The molecule has 64 heavy (non-hydrogen) atoms. The van der Waals surface area contributed by atoms with Crippen LogP contribution in [0.15, 0.2) is 227 Å². The molecule has 0 bridgehead atoms. The van der Waals surface area contributed by atoms with Crippen LogP contribution in [0.5, 0.6) is 0 Å². The van der Waals surface area contributed by atoms with Crippen molar-refractivity contribution in [1.29, 1.82) is 0 Å². The van der Waals surface area contributed by atoms with Crippen LogP contribution in [-0.4, -0.2) is 9.97 Å². The number of fused-ring (bicyclic) bond motifs is 9. The predicted octanol–water partition coefficient (Wildman–Crippen LogP) is 16.6. The zero-order valence-corrected chi connectivity index (χ0v) is 34.5. The summed E-state index contributed by atoms with van der Waals surface area (Å²) in [4.78, 5) is 11.0. The van der Waals surface area contributed by atoms with Crippen LogP contribution < -0.4 is 0 Å². The van der Waals surface area contributed by atoms with E-state index in [4.69, 9.17) is 18.8 Å². The number of para-hydroxylation sites is 2. The molecule has 4 aromatic heterocycles. The summed E-state index contributed by atoms with van der Waals surface area (Å²) in [5.74, 6) is 0. The molecule has 0 N–H and O–H groups in total. The normalized spacial score (nSPS) is 11.8. The molecule has 4 heterocycles. The van der Waals surface area contributed by atoms with E-state index in [2.05, 4.69) is 194 Å². The zero-order valence-electron chi connectivity index (χ0n) is 34.5. The molecule has 0 fully saturated rings. The number of pyridine rings is 2. The lowest BCUT2D eigenvalue weighted by Crippen LogP contribution is -1.95. The molecule has 0 saturated heterocycles. The maximum Gasteiger partial charge on any atom is 0.135 e. The Morgan fingerprint density at radius 2 is 0.594 bits per heavy atom. The topological polar surface area (TPSA) is 52.1 Å². The Labute approximate surface area is 368 Å². The largest absolute Gasteiger partial charge is 0.456 e. The smallest absolute Gasteiger partial charge is 0.135 e. The fourth-order valence-corrected chi connectivity index (χ4v) is 9.46. The van der Waals surface area contributed by atoms with Gasteiger partial charge in [0, 0.05) is 43.4 Å². The second-order valence-electron chi connectivity index (χ2n) is 16.5.